The zero-order valence-corrected chi connectivity index (χ0v) is 12.7. The molecule has 0 radical (unpaired) electrons. The third-order valence-electron chi connectivity index (χ3n) is 2.73. The van der Waals surface area contributed by atoms with Crippen molar-refractivity contribution in [2.75, 3.05) is 17.6 Å². The number of hydrogen-bond donors (Lipinski definition) is 1. The lowest BCUT2D eigenvalue weighted by Crippen LogP contribution is -2.21. The van der Waals surface area contributed by atoms with Crippen molar-refractivity contribution in [2.24, 2.45) is 7.05 Å². The summed E-state index contributed by atoms with van der Waals surface area (Å²) in [5.74, 6) is 1.01. The van der Waals surface area contributed by atoms with Crippen LogP contribution in [0.4, 0.5) is 5.69 Å². The van der Waals surface area contributed by atoms with Crippen molar-refractivity contribution in [3.8, 4) is 0 Å². The number of nitrogens with zero attached hydrogens (tertiary/aromatic N) is 2. The maximum absolute atomic E-state index is 11.6. The van der Waals surface area contributed by atoms with Crippen molar-refractivity contribution >= 4 is 29.1 Å². The number of benzene rings is 1. The van der Waals surface area contributed by atoms with E-state index in [0.29, 0.717) is 5.69 Å². The van der Waals surface area contributed by atoms with Crippen LogP contribution in [0.2, 0.25) is 5.02 Å². The predicted octanol–water partition coefficient (Wildman–Crippen LogP) is 3.03. The van der Waals surface area contributed by atoms with Crippen LogP contribution < -0.4 is 10.9 Å². The van der Waals surface area contributed by atoms with Gasteiger partial charge >= 0.3 is 0 Å². The Bertz CT molecular complexity index is 616. The Hall–Kier alpha value is -1.46. The van der Waals surface area contributed by atoms with Gasteiger partial charge in [-0.15, -0.1) is 11.8 Å². The highest BCUT2D eigenvalue weighted by Crippen LogP contribution is 2.18. The Morgan fingerprint density at radius 2 is 2.10 bits per heavy atom. The smallest absolute Gasteiger partial charge is 0.287 e. The van der Waals surface area contributed by atoms with E-state index in [4.69, 9.17) is 11.6 Å². The first-order valence-corrected chi connectivity index (χ1v) is 7.68. The molecule has 2 aromatic rings. The summed E-state index contributed by atoms with van der Waals surface area (Å²) in [7, 11) is 1.58. The van der Waals surface area contributed by atoms with E-state index in [1.807, 2.05) is 30.0 Å². The van der Waals surface area contributed by atoms with Gasteiger partial charge in [0.05, 0.1) is 11.9 Å². The average molecular weight is 310 g/mol. The average Bonchev–Trinajstić information content (AvgIpc) is 2.48. The first-order valence-electron chi connectivity index (χ1n) is 6.32. The summed E-state index contributed by atoms with van der Waals surface area (Å²) in [4.78, 5) is 12.9. The molecule has 0 bridgehead atoms. The SMILES string of the molecule is Cn1ncc(NCCCSc2ccccc2)c(Cl)c1=O. The van der Waals surface area contributed by atoms with Crippen molar-refractivity contribution < 1.29 is 0 Å². The van der Waals surface area contributed by atoms with Gasteiger partial charge in [-0.25, -0.2) is 4.68 Å². The van der Waals surface area contributed by atoms with Gasteiger partial charge in [0.15, 0.2) is 0 Å². The molecule has 106 valence electrons. The van der Waals surface area contributed by atoms with Gasteiger partial charge in [0.2, 0.25) is 0 Å². The van der Waals surface area contributed by atoms with Crippen LogP contribution in [-0.2, 0) is 7.05 Å². The van der Waals surface area contributed by atoms with Crippen LogP contribution in [0.3, 0.4) is 0 Å². The molecular weight excluding hydrogens is 294 g/mol. The van der Waals surface area contributed by atoms with Gasteiger partial charge in [-0.2, -0.15) is 5.10 Å². The fourth-order valence-electron chi connectivity index (χ4n) is 1.64. The van der Waals surface area contributed by atoms with E-state index < -0.39 is 0 Å². The molecular formula is C14H16ClN3OS. The van der Waals surface area contributed by atoms with E-state index >= 15 is 0 Å². The van der Waals surface area contributed by atoms with Crippen LogP contribution in [0, 0.1) is 0 Å². The van der Waals surface area contributed by atoms with Crippen molar-refractivity contribution in [3.05, 3.63) is 51.9 Å². The molecule has 0 unspecified atom stereocenters. The third-order valence-corrected chi connectivity index (χ3v) is 4.19. The van der Waals surface area contributed by atoms with E-state index in [0.717, 1.165) is 18.7 Å². The number of thioether (sulfide) groups is 1. The van der Waals surface area contributed by atoms with Crippen LogP contribution in [0.15, 0.2) is 46.2 Å². The molecule has 1 heterocycles. The molecule has 0 aliphatic heterocycles. The highest BCUT2D eigenvalue weighted by atomic mass is 35.5. The molecule has 0 saturated carbocycles. The fraction of sp³-hybridized carbons (Fsp3) is 0.286. The second-order valence-corrected chi connectivity index (χ2v) is 5.79. The van der Waals surface area contributed by atoms with Gasteiger partial charge in [-0.3, -0.25) is 4.79 Å². The van der Waals surface area contributed by atoms with E-state index in [2.05, 4.69) is 22.5 Å². The van der Waals surface area contributed by atoms with Gasteiger partial charge in [-0.05, 0) is 24.3 Å². The number of hydrogen-bond acceptors (Lipinski definition) is 4. The van der Waals surface area contributed by atoms with Crippen LogP contribution >= 0.6 is 23.4 Å². The first-order chi connectivity index (χ1) is 9.68. The van der Waals surface area contributed by atoms with E-state index in [9.17, 15) is 4.79 Å². The largest absolute Gasteiger partial charge is 0.382 e. The Balaban J connectivity index is 1.77. The lowest BCUT2D eigenvalue weighted by molar-refractivity contribution is 0.708. The zero-order valence-electron chi connectivity index (χ0n) is 11.2. The van der Waals surface area contributed by atoms with Crippen molar-refractivity contribution in [1.82, 2.24) is 9.78 Å². The minimum Gasteiger partial charge on any atom is -0.382 e. The summed E-state index contributed by atoms with van der Waals surface area (Å²) in [6.45, 7) is 0.758. The maximum atomic E-state index is 11.6. The lowest BCUT2D eigenvalue weighted by Gasteiger charge is -2.08. The quantitative estimate of drug-likeness (QED) is 0.658. The standard InChI is InChI=1S/C14H16ClN3OS/c1-18-14(19)13(15)12(10-17-18)16-8-5-9-20-11-6-3-2-4-7-11/h2-4,6-7,10,16H,5,8-9H2,1H3. The Kier molecular flexibility index (Phi) is 5.49. The summed E-state index contributed by atoms with van der Waals surface area (Å²) < 4.78 is 1.22. The van der Waals surface area contributed by atoms with Crippen molar-refractivity contribution in [2.45, 2.75) is 11.3 Å². The summed E-state index contributed by atoms with van der Waals surface area (Å²) in [6, 6.07) is 10.3. The van der Waals surface area contributed by atoms with E-state index in [1.165, 1.54) is 9.58 Å². The number of nitrogens with one attached hydrogen (secondary N) is 1. The molecule has 2 rings (SSSR count). The molecule has 1 aromatic heterocycles. The molecule has 4 nitrogen and oxygen atoms in total. The van der Waals surface area contributed by atoms with Crippen LogP contribution in [-0.4, -0.2) is 22.1 Å². The topological polar surface area (TPSA) is 46.9 Å². The minimum atomic E-state index is -0.282. The number of anilines is 1. The van der Waals surface area contributed by atoms with Gasteiger partial charge < -0.3 is 5.32 Å². The lowest BCUT2D eigenvalue weighted by atomic mass is 10.4. The summed E-state index contributed by atoms with van der Waals surface area (Å²) >= 11 is 7.78. The molecule has 6 heteroatoms. The van der Waals surface area contributed by atoms with Crippen LogP contribution in [0.5, 0.6) is 0 Å². The third kappa shape index (κ3) is 4.02. The summed E-state index contributed by atoms with van der Waals surface area (Å²) in [5, 5.41) is 7.28. The Morgan fingerprint density at radius 1 is 1.35 bits per heavy atom. The second-order valence-electron chi connectivity index (χ2n) is 4.24. The molecule has 0 saturated heterocycles. The monoisotopic (exact) mass is 309 g/mol. The molecule has 1 aromatic carbocycles. The van der Waals surface area contributed by atoms with Gasteiger partial charge in [0.1, 0.15) is 5.02 Å². The zero-order chi connectivity index (χ0) is 14.4. The second kappa shape index (κ2) is 7.36. The van der Waals surface area contributed by atoms with Crippen LogP contribution in [0.25, 0.3) is 0 Å². The molecule has 0 spiro atoms. The fourth-order valence-corrected chi connectivity index (χ4v) is 2.75. The van der Waals surface area contributed by atoms with Gasteiger partial charge in [-0.1, -0.05) is 29.8 Å². The molecule has 0 aliphatic rings. The number of halogens is 1. The van der Waals surface area contributed by atoms with Gasteiger partial charge in [0.25, 0.3) is 5.56 Å². The number of aryl methyl sites for hydroxylation is 1. The number of aromatic nitrogens is 2. The minimum absolute atomic E-state index is 0.193. The molecule has 0 aliphatic carbocycles. The van der Waals surface area contributed by atoms with Crippen molar-refractivity contribution in [3.63, 3.8) is 0 Å². The van der Waals surface area contributed by atoms with Gasteiger partial charge in [0, 0.05) is 18.5 Å². The normalized spacial score (nSPS) is 10.5. The van der Waals surface area contributed by atoms with Crippen LogP contribution in [0.1, 0.15) is 6.42 Å². The van der Waals surface area contributed by atoms with E-state index in [-0.39, 0.29) is 10.6 Å². The molecule has 0 atom stereocenters. The number of rotatable bonds is 6. The molecule has 20 heavy (non-hydrogen) atoms. The Morgan fingerprint density at radius 3 is 2.85 bits per heavy atom. The molecule has 0 fully saturated rings. The molecule has 0 amide bonds. The summed E-state index contributed by atoms with van der Waals surface area (Å²) in [5.41, 5.74) is 0.315. The Labute approximate surface area is 127 Å². The molecule has 1 N–H and O–H groups in total. The van der Waals surface area contributed by atoms with Crippen molar-refractivity contribution in [1.29, 1.82) is 0 Å². The maximum Gasteiger partial charge on any atom is 0.287 e. The first kappa shape index (κ1) is 14.9. The highest BCUT2D eigenvalue weighted by molar-refractivity contribution is 7.99. The predicted molar refractivity (Wildman–Crippen MR) is 84.8 cm³/mol. The highest BCUT2D eigenvalue weighted by Gasteiger charge is 2.06. The summed E-state index contributed by atoms with van der Waals surface area (Å²) in [6.07, 6.45) is 2.55. The van der Waals surface area contributed by atoms with E-state index in [1.54, 1.807) is 13.2 Å².